The Balaban J connectivity index is 1.33. The summed E-state index contributed by atoms with van der Waals surface area (Å²) in [5, 5.41) is 5.62. The van der Waals surface area contributed by atoms with Gasteiger partial charge >= 0.3 is 0 Å². The smallest absolute Gasteiger partial charge is 0.222 e. The molecule has 0 bridgehead atoms. The third-order valence-electron chi connectivity index (χ3n) is 5.91. The van der Waals surface area contributed by atoms with Crippen LogP contribution < -0.4 is 5.32 Å². The summed E-state index contributed by atoms with van der Waals surface area (Å²) in [4.78, 5) is 25.1. The number of carbonyl (C=O) groups is 1. The first-order chi connectivity index (χ1) is 15.2. The maximum atomic E-state index is 11.9. The summed E-state index contributed by atoms with van der Waals surface area (Å²) >= 11 is 1.84. The summed E-state index contributed by atoms with van der Waals surface area (Å²) in [7, 11) is 0. The molecule has 1 amide bonds. The van der Waals surface area contributed by atoms with E-state index in [1.807, 2.05) is 16.2 Å². The minimum Gasteiger partial charge on any atom is -0.357 e. The van der Waals surface area contributed by atoms with E-state index in [1.165, 1.54) is 16.0 Å². The van der Waals surface area contributed by atoms with Gasteiger partial charge in [0, 0.05) is 63.7 Å². The third-order valence-corrected chi connectivity index (χ3v) is 6.78. The highest BCUT2D eigenvalue weighted by Gasteiger charge is 2.21. The molecule has 6 nitrogen and oxygen atoms in total. The summed E-state index contributed by atoms with van der Waals surface area (Å²) in [5.74, 6) is 1.27. The van der Waals surface area contributed by atoms with Crippen LogP contribution in [-0.2, 0) is 24.4 Å². The van der Waals surface area contributed by atoms with Gasteiger partial charge in [-0.25, -0.2) is 4.99 Å². The molecule has 0 spiro atoms. The highest BCUT2D eigenvalue weighted by Crippen LogP contribution is 2.16. The number of nitrogens with one attached hydrogen (secondary N) is 1. The molecule has 1 N–H and O–H groups in total. The fraction of sp³-hybridized carbons (Fsp3) is 0.500. The fourth-order valence-corrected chi connectivity index (χ4v) is 5.00. The van der Waals surface area contributed by atoms with Gasteiger partial charge in [0.2, 0.25) is 5.91 Å². The summed E-state index contributed by atoms with van der Waals surface area (Å²) in [5.41, 5.74) is 2.38. The second-order valence-electron chi connectivity index (χ2n) is 8.25. The topological polar surface area (TPSA) is 51.2 Å². The van der Waals surface area contributed by atoms with Crippen molar-refractivity contribution in [3.63, 3.8) is 0 Å². The van der Waals surface area contributed by atoms with E-state index >= 15 is 0 Å². The number of nitrogens with zero attached hydrogens (tertiary/aromatic N) is 4. The van der Waals surface area contributed by atoms with Gasteiger partial charge in [0.05, 0.1) is 6.54 Å². The molecule has 0 unspecified atom stereocenters. The Morgan fingerprint density at radius 3 is 2.61 bits per heavy atom. The van der Waals surface area contributed by atoms with Crippen LogP contribution in [0.3, 0.4) is 0 Å². The highest BCUT2D eigenvalue weighted by molar-refractivity contribution is 7.09. The van der Waals surface area contributed by atoms with E-state index in [2.05, 4.69) is 63.8 Å². The molecule has 2 saturated heterocycles. The first kappa shape index (κ1) is 21.8. The molecular weight excluding hydrogens is 406 g/mol. The van der Waals surface area contributed by atoms with Crippen molar-refractivity contribution in [1.82, 2.24) is 20.0 Å². The van der Waals surface area contributed by atoms with Crippen molar-refractivity contribution < 1.29 is 4.79 Å². The number of hydrogen-bond donors (Lipinski definition) is 1. The van der Waals surface area contributed by atoms with Crippen LogP contribution in [0.25, 0.3) is 0 Å². The monoisotopic (exact) mass is 439 g/mol. The number of guanidine groups is 1. The minimum absolute atomic E-state index is 0.274. The second kappa shape index (κ2) is 10.8. The maximum absolute atomic E-state index is 11.9. The van der Waals surface area contributed by atoms with Crippen LogP contribution in [0.4, 0.5) is 0 Å². The lowest BCUT2D eigenvalue weighted by Crippen LogP contribution is -2.52. The maximum Gasteiger partial charge on any atom is 0.222 e. The van der Waals surface area contributed by atoms with Crippen molar-refractivity contribution in [1.29, 1.82) is 0 Å². The van der Waals surface area contributed by atoms with Gasteiger partial charge in [-0.1, -0.05) is 30.3 Å². The van der Waals surface area contributed by atoms with Crippen molar-refractivity contribution in [2.45, 2.75) is 39.4 Å². The number of aliphatic imine (C=N–C) groups is 1. The summed E-state index contributed by atoms with van der Waals surface area (Å²) in [6, 6.07) is 12.9. The van der Waals surface area contributed by atoms with E-state index in [0.29, 0.717) is 19.5 Å². The van der Waals surface area contributed by atoms with Crippen molar-refractivity contribution in [3.05, 3.63) is 57.8 Å². The van der Waals surface area contributed by atoms with Gasteiger partial charge in [0.15, 0.2) is 5.96 Å². The molecule has 166 valence electrons. The van der Waals surface area contributed by atoms with Crippen molar-refractivity contribution in [3.8, 4) is 0 Å². The molecule has 2 aliphatic heterocycles. The molecule has 2 aliphatic rings. The molecule has 0 atom stereocenters. The van der Waals surface area contributed by atoms with Gasteiger partial charge in [-0.3, -0.25) is 9.69 Å². The number of amides is 1. The lowest BCUT2D eigenvalue weighted by atomic mass is 10.1. The van der Waals surface area contributed by atoms with Crippen LogP contribution in [0.2, 0.25) is 0 Å². The predicted molar refractivity (Wildman–Crippen MR) is 127 cm³/mol. The molecule has 2 aromatic rings. The third kappa shape index (κ3) is 6.08. The van der Waals surface area contributed by atoms with Gasteiger partial charge in [-0.15, -0.1) is 11.3 Å². The molecule has 1 aromatic carbocycles. The van der Waals surface area contributed by atoms with Gasteiger partial charge in [-0.2, -0.15) is 0 Å². The number of thiophene rings is 1. The first-order valence-corrected chi connectivity index (χ1v) is 12.2. The quantitative estimate of drug-likeness (QED) is 0.532. The molecule has 4 rings (SSSR count). The number of hydrogen-bond acceptors (Lipinski definition) is 4. The summed E-state index contributed by atoms with van der Waals surface area (Å²) in [6.45, 7) is 10.4. The van der Waals surface area contributed by atoms with E-state index in [9.17, 15) is 4.79 Å². The zero-order valence-electron chi connectivity index (χ0n) is 18.4. The lowest BCUT2D eigenvalue weighted by Gasteiger charge is -2.36. The molecule has 2 fully saturated rings. The SMILES string of the molecule is CCNC(=NCc1cccc(CN2CCCC2=O)c1)N1CCN(Cc2cccs2)CC1. The van der Waals surface area contributed by atoms with Crippen molar-refractivity contribution in [2.75, 3.05) is 39.3 Å². The summed E-state index contributed by atoms with van der Waals surface area (Å²) < 4.78 is 0. The van der Waals surface area contributed by atoms with Crippen LogP contribution >= 0.6 is 11.3 Å². The Labute approximate surface area is 189 Å². The van der Waals surface area contributed by atoms with E-state index < -0.39 is 0 Å². The van der Waals surface area contributed by atoms with Crippen molar-refractivity contribution >= 4 is 23.2 Å². The zero-order valence-corrected chi connectivity index (χ0v) is 19.2. The number of piperazine rings is 1. The molecule has 0 saturated carbocycles. The molecule has 0 aliphatic carbocycles. The Morgan fingerprint density at radius 1 is 1.06 bits per heavy atom. The molecule has 0 radical (unpaired) electrons. The minimum atomic E-state index is 0.274. The van der Waals surface area contributed by atoms with Crippen molar-refractivity contribution in [2.24, 2.45) is 4.99 Å². The zero-order chi connectivity index (χ0) is 21.5. The molecule has 31 heavy (non-hydrogen) atoms. The van der Waals surface area contributed by atoms with Gasteiger partial charge < -0.3 is 15.1 Å². The lowest BCUT2D eigenvalue weighted by molar-refractivity contribution is -0.128. The van der Waals surface area contributed by atoms with Crippen LogP contribution in [0.15, 0.2) is 46.8 Å². The Hall–Kier alpha value is -2.38. The predicted octanol–water partition coefficient (Wildman–Crippen LogP) is 3.15. The number of benzene rings is 1. The van der Waals surface area contributed by atoms with Crippen LogP contribution in [0.5, 0.6) is 0 Å². The van der Waals surface area contributed by atoms with E-state index in [0.717, 1.165) is 58.2 Å². The van der Waals surface area contributed by atoms with E-state index in [4.69, 9.17) is 4.99 Å². The second-order valence-corrected chi connectivity index (χ2v) is 9.28. The largest absolute Gasteiger partial charge is 0.357 e. The first-order valence-electron chi connectivity index (χ1n) is 11.3. The summed E-state index contributed by atoms with van der Waals surface area (Å²) in [6.07, 6.45) is 1.67. The average molecular weight is 440 g/mol. The Bertz CT molecular complexity index is 874. The van der Waals surface area contributed by atoms with Crippen LogP contribution in [0, 0.1) is 0 Å². The van der Waals surface area contributed by atoms with Gasteiger partial charge in [-0.05, 0) is 35.9 Å². The number of likely N-dealkylation sites (tertiary alicyclic amines) is 1. The average Bonchev–Trinajstić information content (AvgIpc) is 3.44. The fourth-order valence-electron chi connectivity index (χ4n) is 4.25. The molecule has 3 heterocycles. The Morgan fingerprint density at radius 2 is 1.90 bits per heavy atom. The molecular formula is C24H33N5OS. The molecule has 1 aromatic heterocycles. The van der Waals surface area contributed by atoms with Gasteiger partial charge in [0.1, 0.15) is 0 Å². The number of carbonyl (C=O) groups excluding carboxylic acids is 1. The number of rotatable bonds is 7. The van der Waals surface area contributed by atoms with Gasteiger partial charge in [0.25, 0.3) is 0 Å². The van der Waals surface area contributed by atoms with Crippen LogP contribution in [0.1, 0.15) is 35.8 Å². The molecule has 7 heteroatoms. The van der Waals surface area contributed by atoms with E-state index in [1.54, 1.807) is 0 Å². The Kier molecular flexibility index (Phi) is 7.59. The van der Waals surface area contributed by atoms with E-state index in [-0.39, 0.29) is 5.91 Å². The van der Waals surface area contributed by atoms with Crippen LogP contribution in [-0.4, -0.2) is 65.8 Å². The highest BCUT2D eigenvalue weighted by atomic mass is 32.1. The normalized spacial score (nSPS) is 18.1. The standard InChI is InChI=1S/C24H33N5OS/c1-2-25-24(28-13-11-27(12-14-28)19-22-8-5-15-31-22)26-17-20-6-3-7-21(16-20)18-29-10-4-9-23(29)30/h3,5-8,15-16H,2,4,9-14,17-19H2,1H3,(H,25,26).